The minimum absolute atomic E-state index is 0. The molecule has 0 aliphatic carbocycles. The third-order valence-electron chi connectivity index (χ3n) is 0.500. The Balaban J connectivity index is 0. The smallest absolute Gasteiger partial charge is 0.549 e. The summed E-state index contributed by atoms with van der Waals surface area (Å²) in [6.45, 7) is 2.93. The van der Waals surface area contributed by atoms with Crippen molar-refractivity contribution in [1.29, 1.82) is 0 Å². The Kier molecular flexibility index (Phi) is 5.47. The van der Waals surface area contributed by atoms with Crippen molar-refractivity contribution >= 4 is 18.6 Å². The van der Waals surface area contributed by atoms with Crippen molar-refractivity contribution in [3.8, 4) is 0 Å². The molecule has 0 aromatic rings. The van der Waals surface area contributed by atoms with Crippen LogP contribution in [0.3, 0.4) is 0 Å². The molecule has 0 aromatic carbocycles. The van der Waals surface area contributed by atoms with Crippen molar-refractivity contribution in [2.24, 2.45) is 0 Å². The minimum atomic E-state index is -1.14. The molecule has 4 heteroatoms. The number of carboxylic acids is 1. The first-order chi connectivity index (χ1) is 2.94. The van der Waals surface area contributed by atoms with Gasteiger partial charge in [0.25, 0.3) is 0 Å². The van der Waals surface area contributed by atoms with Crippen LogP contribution in [0.15, 0.2) is 0 Å². The van der Waals surface area contributed by atoms with Gasteiger partial charge in [-0.2, -0.15) is 12.6 Å². The van der Waals surface area contributed by atoms with Gasteiger partial charge in [0.2, 0.25) is 0 Å². The van der Waals surface area contributed by atoms with Crippen LogP contribution in [0.2, 0.25) is 0 Å². The summed E-state index contributed by atoms with van der Waals surface area (Å²) in [7, 11) is 0. The molecule has 0 fully saturated rings. The van der Waals surface area contributed by atoms with Crippen molar-refractivity contribution in [2.45, 2.75) is 18.6 Å². The van der Waals surface area contributed by atoms with E-state index in [-0.39, 0.29) is 29.6 Å². The molecule has 0 aliphatic rings. The Morgan fingerprint density at radius 3 is 1.75 bits per heavy atom. The van der Waals surface area contributed by atoms with E-state index in [0.717, 1.165) is 0 Å². The van der Waals surface area contributed by atoms with E-state index < -0.39 is 10.7 Å². The Labute approximate surface area is 76.4 Å². The maximum atomic E-state index is 9.83. The molecule has 42 valence electrons. The number of carboxylic acid groups (broad SMARTS) is 1. The van der Waals surface area contributed by atoms with Gasteiger partial charge in [-0.05, 0) is 13.8 Å². The normalized spacial score (nSPS) is 9.88. The molecule has 0 unspecified atom stereocenters. The van der Waals surface area contributed by atoms with Crippen molar-refractivity contribution < 1.29 is 39.5 Å². The second kappa shape index (κ2) is 3.77. The standard InChI is InChI=1S/C4H8O2S.Na/c1-4(2,7)3(5)6;/h7H,1-2H3,(H,5,6);/q;+1/p-1. The second-order valence-corrected chi connectivity index (χ2v) is 2.96. The SMILES string of the molecule is CC(C)(S)C(=O)[O-].[Na+]. The van der Waals surface area contributed by atoms with Crippen molar-refractivity contribution in [1.82, 2.24) is 0 Å². The van der Waals surface area contributed by atoms with E-state index in [1.807, 2.05) is 0 Å². The van der Waals surface area contributed by atoms with Crippen molar-refractivity contribution in [3.05, 3.63) is 0 Å². The molecule has 0 rings (SSSR count). The molecule has 0 heterocycles. The zero-order chi connectivity index (χ0) is 6.08. The maximum absolute atomic E-state index is 9.83. The molecule has 0 aliphatic heterocycles. The molecule has 0 atom stereocenters. The van der Waals surface area contributed by atoms with Gasteiger partial charge in [0.05, 0.1) is 5.97 Å². The first-order valence-corrected chi connectivity index (χ1v) is 2.33. The van der Waals surface area contributed by atoms with Crippen LogP contribution in [0.4, 0.5) is 0 Å². The van der Waals surface area contributed by atoms with Gasteiger partial charge in [0, 0.05) is 4.75 Å². The number of hydrogen-bond acceptors (Lipinski definition) is 3. The number of carbonyl (C=O) groups is 1. The maximum Gasteiger partial charge on any atom is 1.00 e. The van der Waals surface area contributed by atoms with Crippen LogP contribution < -0.4 is 34.7 Å². The molecular formula is C4H7NaO2S. The molecular weight excluding hydrogens is 135 g/mol. The summed E-state index contributed by atoms with van der Waals surface area (Å²) in [6.07, 6.45) is 0. The van der Waals surface area contributed by atoms with E-state index in [2.05, 4.69) is 12.6 Å². The van der Waals surface area contributed by atoms with E-state index in [9.17, 15) is 9.90 Å². The topological polar surface area (TPSA) is 40.1 Å². The van der Waals surface area contributed by atoms with Gasteiger partial charge < -0.3 is 9.90 Å². The average molecular weight is 142 g/mol. The molecule has 0 spiro atoms. The molecule has 0 saturated carbocycles. The Bertz CT molecular complexity index is 86.5. The van der Waals surface area contributed by atoms with Gasteiger partial charge in [0.15, 0.2) is 0 Å². The first kappa shape index (κ1) is 11.6. The fourth-order valence-electron chi connectivity index (χ4n) is 0. The van der Waals surface area contributed by atoms with Gasteiger partial charge in [-0.25, -0.2) is 0 Å². The van der Waals surface area contributed by atoms with Crippen LogP contribution in [0.1, 0.15) is 13.8 Å². The van der Waals surface area contributed by atoms with Crippen LogP contribution in [0.5, 0.6) is 0 Å². The van der Waals surface area contributed by atoms with Crippen molar-refractivity contribution in [3.63, 3.8) is 0 Å². The van der Waals surface area contributed by atoms with Gasteiger partial charge >= 0.3 is 29.6 Å². The van der Waals surface area contributed by atoms with E-state index in [1.165, 1.54) is 13.8 Å². The Hall–Kier alpha value is 0.820. The summed E-state index contributed by atoms with van der Waals surface area (Å²) < 4.78 is -1.00. The number of thiol groups is 1. The van der Waals surface area contributed by atoms with Gasteiger partial charge in [0.1, 0.15) is 0 Å². The second-order valence-electron chi connectivity index (χ2n) is 1.85. The van der Waals surface area contributed by atoms with E-state index >= 15 is 0 Å². The Morgan fingerprint density at radius 2 is 1.75 bits per heavy atom. The molecule has 0 radical (unpaired) electrons. The molecule has 0 aromatic heterocycles. The van der Waals surface area contributed by atoms with E-state index in [4.69, 9.17) is 0 Å². The summed E-state index contributed by atoms with van der Waals surface area (Å²) in [5, 5.41) is 9.83. The third kappa shape index (κ3) is 4.97. The van der Waals surface area contributed by atoms with Crippen LogP contribution in [0.25, 0.3) is 0 Å². The largest absolute Gasteiger partial charge is 1.00 e. The molecule has 0 amide bonds. The summed E-state index contributed by atoms with van der Waals surface area (Å²) in [5.74, 6) is -1.14. The zero-order valence-electron chi connectivity index (χ0n) is 5.26. The van der Waals surface area contributed by atoms with E-state index in [0.29, 0.717) is 0 Å². The molecule has 0 bridgehead atoms. The van der Waals surface area contributed by atoms with Crippen LogP contribution in [0, 0.1) is 0 Å². The number of aliphatic carboxylic acids is 1. The first-order valence-electron chi connectivity index (χ1n) is 1.88. The third-order valence-corrected chi connectivity index (χ3v) is 0.682. The number of carbonyl (C=O) groups excluding carboxylic acids is 1. The summed E-state index contributed by atoms with van der Waals surface area (Å²) in [6, 6.07) is 0. The summed E-state index contributed by atoms with van der Waals surface area (Å²) in [5.41, 5.74) is 0. The molecule has 8 heavy (non-hydrogen) atoms. The van der Waals surface area contributed by atoms with E-state index in [1.54, 1.807) is 0 Å². The molecule has 0 N–H and O–H groups in total. The van der Waals surface area contributed by atoms with Gasteiger partial charge in [-0.15, -0.1) is 0 Å². The van der Waals surface area contributed by atoms with Gasteiger partial charge in [-0.3, -0.25) is 0 Å². The summed E-state index contributed by atoms with van der Waals surface area (Å²) in [4.78, 5) is 9.83. The molecule has 0 saturated heterocycles. The fourth-order valence-corrected chi connectivity index (χ4v) is 0. The van der Waals surface area contributed by atoms with Crippen molar-refractivity contribution in [2.75, 3.05) is 0 Å². The zero-order valence-corrected chi connectivity index (χ0v) is 8.16. The molecule has 2 nitrogen and oxygen atoms in total. The number of hydrogen-bond donors (Lipinski definition) is 1. The quantitative estimate of drug-likeness (QED) is 0.304. The van der Waals surface area contributed by atoms with Crippen LogP contribution in [-0.4, -0.2) is 10.7 Å². The fraction of sp³-hybridized carbons (Fsp3) is 0.750. The predicted octanol–water partition coefficient (Wildman–Crippen LogP) is -3.55. The van der Waals surface area contributed by atoms with Gasteiger partial charge in [-0.1, -0.05) is 0 Å². The van der Waals surface area contributed by atoms with Crippen LogP contribution >= 0.6 is 12.6 Å². The number of rotatable bonds is 1. The average Bonchev–Trinajstić information content (AvgIpc) is 1.31. The van der Waals surface area contributed by atoms with Crippen LogP contribution in [-0.2, 0) is 4.79 Å². The Morgan fingerprint density at radius 1 is 1.62 bits per heavy atom. The monoisotopic (exact) mass is 142 g/mol. The summed E-state index contributed by atoms with van der Waals surface area (Å²) >= 11 is 3.69. The predicted molar refractivity (Wildman–Crippen MR) is 28.1 cm³/mol. The minimum Gasteiger partial charge on any atom is -0.549 e.